The van der Waals surface area contributed by atoms with Gasteiger partial charge in [0.1, 0.15) is 5.82 Å². The molecule has 0 saturated heterocycles. The van der Waals surface area contributed by atoms with E-state index in [4.69, 9.17) is 11.6 Å². The topological polar surface area (TPSA) is 76.0 Å². The summed E-state index contributed by atoms with van der Waals surface area (Å²) in [4.78, 5) is 28.2. The number of carbonyl (C=O) groups is 2. The van der Waals surface area contributed by atoms with E-state index in [0.717, 1.165) is 11.3 Å². The Morgan fingerprint density at radius 1 is 1.18 bits per heavy atom. The number of aromatic nitrogens is 2. The van der Waals surface area contributed by atoms with Crippen LogP contribution in [0.15, 0.2) is 60.0 Å². The average Bonchev–Trinajstić information content (AvgIpc) is 3.15. The summed E-state index contributed by atoms with van der Waals surface area (Å²) in [5.41, 5.74) is 6.63. The maximum Gasteiger partial charge on any atom is 0.269 e. The Bertz CT molecular complexity index is 1010. The Morgan fingerprint density at radius 3 is 2.68 bits per heavy atom. The van der Waals surface area contributed by atoms with Gasteiger partial charge in [0.15, 0.2) is 5.16 Å². The van der Waals surface area contributed by atoms with Crippen molar-refractivity contribution in [3.8, 4) is 5.69 Å². The summed E-state index contributed by atoms with van der Waals surface area (Å²) in [5, 5.41) is 1.26. The summed E-state index contributed by atoms with van der Waals surface area (Å²) in [6.07, 6.45) is 3.42. The molecule has 1 aromatic heterocycles. The molecule has 2 N–H and O–H groups in total. The highest BCUT2D eigenvalue weighted by Crippen LogP contribution is 2.26. The molecular weight excluding hydrogens is 403 g/mol. The third kappa shape index (κ3) is 4.71. The minimum absolute atomic E-state index is 0.0420. The van der Waals surface area contributed by atoms with Gasteiger partial charge in [0.25, 0.3) is 5.91 Å². The zero-order valence-corrected chi connectivity index (χ0v) is 16.4. The predicted molar refractivity (Wildman–Crippen MR) is 106 cm³/mol. The lowest BCUT2D eigenvalue weighted by atomic mass is 10.2. The molecule has 28 heavy (non-hydrogen) atoms. The Morgan fingerprint density at radius 2 is 1.93 bits per heavy atom. The van der Waals surface area contributed by atoms with Gasteiger partial charge in [-0.15, -0.1) is 0 Å². The quantitative estimate of drug-likeness (QED) is 0.491. The smallest absolute Gasteiger partial charge is 0.269 e. The summed E-state index contributed by atoms with van der Waals surface area (Å²) >= 11 is 7.39. The molecule has 0 unspecified atom stereocenters. The van der Waals surface area contributed by atoms with E-state index >= 15 is 0 Å². The number of imidazole rings is 1. The molecule has 144 valence electrons. The van der Waals surface area contributed by atoms with Crippen molar-refractivity contribution in [1.29, 1.82) is 0 Å². The fourth-order valence-corrected chi connectivity index (χ4v) is 3.34. The highest BCUT2D eigenvalue weighted by atomic mass is 35.5. The standard InChI is InChI=1S/C19H16ClFN4O2S/c1-12-15(20)3-2-4-16(12)25-10-9-22-19(25)28-11-17(26)23-24-18(27)13-5-7-14(21)8-6-13/h2-10H,11H2,1H3,(H,23,26)(H,24,27). The van der Waals surface area contributed by atoms with Crippen LogP contribution in [0.5, 0.6) is 0 Å². The maximum absolute atomic E-state index is 12.9. The van der Waals surface area contributed by atoms with Crippen LogP contribution in [-0.2, 0) is 4.79 Å². The van der Waals surface area contributed by atoms with E-state index in [1.54, 1.807) is 18.5 Å². The molecule has 2 aromatic carbocycles. The van der Waals surface area contributed by atoms with Crippen molar-refractivity contribution in [3.63, 3.8) is 0 Å². The van der Waals surface area contributed by atoms with Crippen LogP contribution in [0.2, 0.25) is 5.02 Å². The second-order valence-corrected chi connectivity index (χ2v) is 7.11. The Hall–Kier alpha value is -2.84. The van der Waals surface area contributed by atoms with E-state index in [0.29, 0.717) is 10.2 Å². The number of thioether (sulfide) groups is 1. The van der Waals surface area contributed by atoms with Crippen LogP contribution in [-0.4, -0.2) is 27.1 Å². The molecule has 0 aliphatic carbocycles. The van der Waals surface area contributed by atoms with Gasteiger partial charge >= 0.3 is 0 Å². The Balaban J connectivity index is 1.57. The van der Waals surface area contributed by atoms with Gasteiger partial charge in [-0.2, -0.15) is 0 Å². The van der Waals surface area contributed by atoms with Crippen LogP contribution >= 0.6 is 23.4 Å². The first-order chi connectivity index (χ1) is 13.5. The van der Waals surface area contributed by atoms with Gasteiger partial charge in [-0.25, -0.2) is 9.37 Å². The normalized spacial score (nSPS) is 10.5. The van der Waals surface area contributed by atoms with Crippen LogP contribution in [0.1, 0.15) is 15.9 Å². The molecule has 0 aliphatic rings. The molecule has 6 nitrogen and oxygen atoms in total. The fourth-order valence-electron chi connectivity index (χ4n) is 2.40. The monoisotopic (exact) mass is 418 g/mol. The lowest BCUT2D eigenvalue weighted by Gasteiger charge is -2.11. The lowest BCUT2D eigenvalue weighted by molar-refractivity contribution is -0.119. The first-order valence-corrected chi connectivity index (χ1v) is 9.58. The number of nitrogens with one attached hydrogen (secondary N) is 2. The second-order valence-electron chi connectivity index (χ2n) is 5.76. The van der Waals surface area contributed by atoms with Gasteiger partial charge in [0.2, 0.25) is 5.91 Å². The molecule has 9 heteroatoms. The minimum atomic E-state index is -0.533. The Kier molecular flexibility index (Phi) is 6.33. The minimum Gasteiger partial charge on any atom is -0.295 e. The van der Waals surface area contributed by atoms with Crippen LogP contribution < -0.4 is 10.9 Å². The molecule has 0 aliphatic heterocycles. The molecule has 1 heterocycles. The number of rotatable bonds is 5. The summed E-state index contributed by atoms with van der Waals surface area (Å²) in [7, 11) is 0. The van der Waals surface area contributed by atoms with Gasteiger partial charge in [0, 0.05) is 23.0 Å². The molecule has 2 amide bonds. The second kappa shape index (κ2) is 8.90. The van der Waals surface area contributed by atoms with Crippen molar-refractivity contribution in [1.82, 2.24) is 20.4 Å². The molecule has 3 aromatic rings. The highest BCUT2D eigenvalue weighted by molar-refractivity contribution is 7.99. The molecule has 3 rings (SSSR count). The molecule has 0 fully saturated rings. The van der Waals surface area contributed by atoms with E-state index < -0.39 is 17.6 Å². The van der Waals surface area contributed by atoms with Crippen molar-refractivity contribution in [2.24, 2.45) is 0 Å². The van der Waals surface area contributed by atoms with Crippen LogP contribution in [0.25, 0.3) is 5.69 Å². The van der Waals surface area contributed by atoms with Gasteiger partial charge < -0.3 is 0 Å². The Labute approximate surface area is 170 Å². The average molecular weight is 419 g/mol. The fraction of sp³-hybridized carbons (Fsp3) is 0.105. The molecule has 0 radical (unpaired) electrons. The summed E-state index contributed by atoms with van der Waals surface area (Å²) < 4.78 is 14.7. The number of carbonyl (C=O) groups excluding carboxylic acids is 2. The van der Waals surface area contributed by atoms with E-state index in [9.17, 15) is 14.0 Å². The van der Waals surface area contributed by atoms with E-state index in [1.807, 2.05) is 23.6 Å². The molecule has 0 atom stereocenters. The zero-order valence-electron chi connectivity index (χ0n) is 14.8. The van der Waals surface area contributed by atoms with Crippen LogP contribution in [0, 0.1) is 12.7 Å². The van der Waals surface area contributed by atoms with Gasteiger partial charge in [-0.05, 0) is 48.9 Å². The number of hydrogen-bond donors (Lipinski definition) is 2. The number of amides is 2. The number of hydrogen-bond acceptors (Lipinski definition) is 4. The number of hydrazine groups is 1. The third-order valence-electron chi connectivity index (χ3n) is 3.86. The summed E-state index contributed by atoms with van der Waals surface area (Å²) in [5.74, 6) is -1.34. The molecule has 0 spiro atoms. The van der Waals surface area contributed by atoms with E-state index in [2.05, 4.69) is 15.8 Å². The van der Waals surface area contributed by atoms with Gasteiger partial charge in [0.05, 0.1) is 11.4 Å². The van der Waals surface area contributed by atoms with Crippen molar-refractivity contribution in [3.05, 3.63) is 76.8 Å². The van der Waals surface area contributed by atoms with Crippen molar-refractivity contribution < 1.29 is 14.0 Å². The predicted octanol–water partition coefficient (Wildman–Crippen LogP) is 3.53. The SMILES string of the molecule is Cc1c(Cl)cccc1-n1ccnc1SCC(=O)NNC(=O)c1ccc(F)cc1. The zero-order chi connectivity index (χ0) is 20.1. The highest BCUT2D eigenvalue weighted by Gasteiger charge is 2.12. The number of nitrogens with zero attached hydrogens (tertiary/aromatic N) is 2. The largest absolute Gasteiger partial charge is 0.295 e. The van der Waals surface area contributed by atoms with Gasteiger partial charge in [-0.1, -0.05) is 29.4 Å². The maximum atomic E-state index is 12.9. The van der Waals surface area contributed by atoms with Crippen molar-refractivity contribution >= 4 is 35.2 Å². The third-order valence-corrected chi connectivity index (χ3v) is 5.24. The molecular formula is C19H16ClFN4O2S. The number of benzene rings is 2. The first kappa shape index (κ1) is 19.9. The molecule has 0 bridgehead atoms. The van der Waals surface area contributed by atoms with Crippen molar-refractivity contribution in [2.75, 3.05) is 5.75 Å². The first-order valence-electron chi connectivity index (χ1n) is 8.22. The summed E-state index contributed by atoms with van der Waals surface area (Å²) in [6.45, 7) is 1.91. The summed E-state index contributed by atoms with van der Waals surface area (Å²) in [6, 6.07) is 10.6. The lowest BCUT2D eigenvalue weighted by Crippen LogP contribution is -2.42. The molecule has 0 saturated carbocycles. The van der Waals surface area contributed by atoms with E-state index in [-0.39, 0.29) is 11.3 Å². The van der Waals surface area contributed by atoms with Crippen LogP contribution in [0.4, 0.5) is 4.39 Å². The van der Waals surface area contributed by atoms with Gasteiger partial charge in [-0.3, -0.25) is 25.0 Å². The van der Waals surface area contributed by atoms with Crippen molar-refractivity contribution in [2.45, 2.75) is 12.1 Å². The van der Waals surface area contributed by atoms with Crippen LogP contribution in [0.3, 0.4) is 0 Å². The van der Waals surface area contributed by atoms with E-state index in [1.165, 1.54) is 36.0 Å². The number of halogens is 2.